The molecule has 0 N–H and O–H groups in total. The molecule has 0 saturated carbocycles. The van der Waals surface area contributed by atoms with Crippen molar-refractivity contribution in [3.63, 3.8) is 0 Å². The number of rotatable bonds is 4. The molecule has 1 aromatic heterocycles. The summed E-state index contributed by atoms with van der Waals surface area (Å²) < 4.78 is 38.9. The van der Waals surface area contributed by atoms with Crippen LogP contribution in [0.25, 0.3) is 0 Å². The molecule has 0 bridgehead atoms. The highest BCUT2D eigenvalue weighted by Gasteiger charge is 2.29. The highest BCUT2D eigenvalue weighted by molar-refractivity contribution is 5.82. The van der Waals surface area contributed by atoms with Gasteiger partial charge in [0.2, 0.25) is 0 Å². The standard InChI is InChI=1S/C14H13F3N2O/c1-19-7-6-18-13(19)9-12(20)8-10-2-4-11(5-3-10)14(15,16)17/h2-7H,8-9H2,1H3. The van der Waals surface area contributed by atoms with Crippen molar-refractivity contribution < 1.29 is 18.0 Å². The maximum atomic E-state index is 12.4. The normalized spacial score (nSPS) is 11.6. The van der Waals surface area contributed by atoms with E-state index in [1.807, 2.05) is 0 Å². The number of ketones is 1. The molecule has 0 fully saturated rings. The molecule has 0 aliphatic carbocycles. The third-order valence-corrected chi connectivity index (χ3v) is 2.96. The lowest BCUT2D eigenvalue weighted by molar-refractivity contribution is -0.137. The fraction of sp³-hybridized carbons (Fsp3) is 0.286. The van der Waals surface area contributed by atoms with E-state index in [1.54, 1.807) is 24.0 Å². The lowest BCUT2D eigenvalue weighted by Crippen LogP contribution is -2.11. The van der Waals surface area contributed by atoms with E-state index in [-0.39, 0.29) is 18.6 Å². The van der Waals surface area contributed by atoms with Gasteiger partial charge in [-0.15, -0.1) is 0 Å². The van der Waals surface area contributed by atoms with Crippen LogP contribution in [0.2, 0.25) is 0 Å². The van der Waals surface area contributed by atoms with Gasteiger partial charge in [-0.3, -0.25) is 4.79 Å². The molecular formula is C14H13F3N2O. The Bertz CT molecular complexity index is 600. The van der Waals surface area contributed by atoms with Crippen molar-refractivity contribution in [2.45, 2.75) is 19.0 Å². The Morgan fingerprint density at radius 1 is 1.20 bits per heavy atom. The monoisotopic (exact) mass is 282 g/mol. The molecule has 1 aromatic carbocycles. The number of aromatic nitrogens is 2. The summed E-state index contributed by atoms with van der Waals surface area (Å²) in [5.41, 5.74) is -0.144. The molecule has 0 spiro atoms. The molecule has 0 radical (unpaired) electrons. The predicted octanol–water partition coefficient (Wildman–Crippen LogP) is 2.79. The number of alkyl halides is 3. The van der Waals surface area contributed by atoms with Gasteiger partial charge in [-0.2, -0.15) is 13.2 Å². The van der Waals surface area contributed by atoms with Crippen LogP contribution in [-0.2, 0) is 30.9 Å². The summed E-state index contributed by atoms with van der Waals surface area (Å²) in [7, 11) is 1.79. The van der Waals surface area contributed by atoms with E-state index in [9.17, 15) is 18.0 Å². The summed E-state index contributed by atoms with van der Waals surface area (Å²) in [5, 5.41) is 0. The van der Waals surface area contributed by atoms with E-state index in [4.69, 9.17) is 0 Å². The third kappa shape index (κ3) is 3.46. The van der Waals surface area contributed by atoms with E-state index < -0.39 is 11.7 Å². The molecule has 0 atom stereocenters. The van der Waals surface area contributed by atoms with Crippen molar-refractivity contribution in [1.29, 1.82) is 0 Å². The predicted molar refractivity (Wildman–Crippen MR) is 67.1 cm³/mol. The highest BCUT2D eigenvalue weighted by atomic mass is 19.4. The summed E-state index contributed by atoms with van der Waals surface area (Å²) in [6.07, 6.45) is -0.744. The first-order valence-corrected chi connectivity index (χ1v) is 6.00. The number of hydrogen-bond donors (Lipinski definition) is 0. The van der Waals surface area contributed by atoms with Crippen LogP contribution >= 0.6 is 0 Å². The number of halogens is 3. The second kappa shape index (κ2) is 5.48. The van der Waals surface area contributed by atoms with Gasteiger partial charge in [0, 0.05) is 25.9 Å². The molecule has 3 nitrogen and oxygen atoms in total. The molecule has 6 heteroatoms. The molecule has 106 valence electrons. The summed E-state index contributed by atoms with van der Waals surface area (Å²) in [4.78, 5) is 15.9. The molecule has 2 rings (SSSR count). The van der Waals surface area contributed by atoms with Crippen LogP contribution in [0.4, 0.5) is 13.2 Å². The van der Waals surface area contributed by atoms with Crippen molar-refractivity contribution in [3.05, 3.63) is 53.6 Å². The Hall–Kier alpha value is -2.11. The summed E-state index contributed by atoms with van der Waals surface area (Å²) in [5.74, 6) is 0.556. The van der Waals surface area contributed by atoms with Gasteiger partial charge < -0.3 is 4.57 Å². The number of imidazole rings is 1. The van der Waals surface area contributed by atoms with Gasteiger partial charge in [-0.1, -0.05) is 12.1 Å². The molecule has 0 aliphatic heterocycles. The Balaban J connectivity index is 2.00. The van der Waals surface area contributed by atoms with Gasteiger partial charge in [0.1, 0.15) is 11.6 Å². The first kappa shape index (κ1) is 14.3. The van der Waals surface area contributed by atoms with E-state index in [2.05, 4.69) is 4.98 Å². The second-order valence-electron chi connectivity index (χ2n) is 4.54. The Kier molecular flexibility index (Phi) is 3.92. The van der Waals surface area contributed by atoms with Crippen molar-refractivity contribution >= 4 is 5.78 Å². The smallest absolute Gasteiger partial charge is 0.338 e. The zero-order chi connectivity index (χ0) is 14.8. The number of carbonyl (C=O) groups excluding carboxylic acids is 1. The minimum absolute atomic E-state index is 0.0842. The van der Waals surface area contributed by atoms with E-state index in [1.165, 1.54) is 12.1 Å². The van der Waals surface area contributed by atoms with E-state index >= 15 is 0 Å². The SMILES string of the molecule is Cn1ccnc1CC(=O)Cc1ccc(C(F)(F)F)cc1. The van der Waals surface area contributed by atoms with Crippen molar-refractivity contribution in [1.82, 2.24) is 9.55 Å². The highest BCUT2D eigenvalue weighted by Crippen LogP contribution is 2.29. The van der Waals surface area contributed by atoms with Crippen LogP contribution in [0.3, 0.4) is 0 Å². The summed E-state index contributed by atoms with van der Waals surface area (Å²) in [6, 6.07) is 4.64. The average Bonchev–Trinajstić information content (AvgIpc) is 2.74. The van der Waals surface area contributed by atoms with Gasteiger partial charge in [-0.05, 0) is 17.7 Å². The van der Waals surface area contributed by atoms with E-state index in [0.717, 1.165) is 12.1 Å². The average molecular weight is 282 g/mol. The zero-order valence-corrected chi connectivity index (χ0v) is 10.8. The van der Waals surface area contributed by atoms with Gasteiger partial charge in [0.05, 0.1) is 12.0 Å². The summed E-state index contributed by atoms with van der Waals surface area (Å²) >= 11 is 0. The van der Waals surface area contributed by atoms with Crippen LogP contribution in [0.1, 0.15) is 17.0 Å². The maximum Gasteiger partial charge on any atom is 0.416 e. The van der Waals surface area contributed by atoms with Crippen molar-refractivity contribution in [3.8, 4) is 0 Å². The molecule has 1 heterocycles. The number of Topliss-reactive ketones (excluding diaryl/α,β-unsaturated/α-hetero) is 1. The number of nitrogens with zero attached hydrogens (tertiary/aromatic N) is 2. The van der Waals surface area contributed by atoms with Gasteiger partial charge >= 0.3 is 6.18 Å². The Morgan fingerprint density at radius 3 is 2.35 bits per heavy atom. The van der Waals surface area contributed by atoms with Crippen LogP contribution in [-0.4, -0.2) is 15.3 Å². The molecule has 0 aliphatic rings. The minimum Gasteiger partial charge on any atom is -0.338 e. The zero-order valence-electron chi connectivity index (χ0n) is 10.8. The van der Waals surface area contributed by atoms with Crippen LogP contribution in [0.15, 0.2) is 36.7 Å². The minimum atomic E-state index is -4.35. The van der Waals surface area contributed by atoms with Crippen molar-refractivity contribution in [2.24, 2.45) is 7.05 Å². The number of aryl methyl sites for hydroxylation is 1. The lowest BCUT2D eigenvalue weighted by atomic mass is 10.0. The molecular weight excluding hydrogens is 269 g/mol. The second-order valence-corrected chi connectivity index (χ2v) is 4.54. The van der Waals surface area contributed by atoms with E-state index in [0.29, 0.717) is 11.4 Å². The van der Waals surface area contributed by atoms with Crippen molar-refractivity contribution in [2.75, 3.05) is 0 Å². The lowest BCUT2D eigenvalue weighted by Gasteiger charge is -2.07. The molecule has 2 aromatic rings. The quantitative estimate of drug-likeness (QED) is 0.864. The van der Waals surface area contributed by atoms with Gasteiger partial charge in [0.15, 0.2) is 0 Å². The van der Waals surface area contributed by atoms with Gasteiger partial charge in [0.25, 0.3) is 0 Å². The topological polar surface area (TPSA) is 34.9 Å². The van der Waals surface area contributed by atoms with Crippen LogP contribution in [0.5, 0.6) is 0 Å². The molecule has 0 saturated heterocycles. The Labute approximate surface area is 114 Å². The molecule has 20 heavy (non-hydrogen) atoms. The summed E-state index contributed by atoms with van der Waals surface area (Å²) in [6.45, 7) is 0. The van der Waals surface area contributed by atoms with Crippen LogP contribution < -0.4 is 0 Å². The maximum absolute atomic E-state index is 12.4. The fourth-order valence-electron chi connectivity index (χ4n) is 1.84. The number of benzene rings is 1. The molecule has 0 amide bonds. The number of hydrogen-bond acceptors (Lipinski definition) is 2. The number of carbonyl (C=O) groups is 1. The first-order chi connectivity index (χ1) is 9.36. The van der Waals surface area contributed by atoms with Crippen LogP contribution in [0, 0.1) is 0 Å². The first-order valence-electron chi connectivity index (χ1n) is 6.00. The largest absolute Gasteiger partial charge is 0.416 e. The fourth-order valence-corrected chi connectivity index (χ4v) is 1.84. The molecule has 0 unspecified atom stereocenters. The third-order valence-electron chi connectivity index (χ3n) is 2.96. The Morgan fingerprint density at radius 2 is 1.85 bits per heavy atom. The van der Waals surface area contributed by atoms with Gasteiger partial charge in [-0.25, -0.2) is 4.98 Å².